The highest BCUT2D eigenvalue weighted by Gasteiger charge is 2.03. The summed E-state index contributed by atoms with van der Waals surface area (Å²) in [7, 11) is 1.67. The first-order valence-electron chi connectivity index (χ1n) is 4.39. The van der Waals surface area contributed by atoms with Crippen LogP contribution in [-0.4, -0.2) is 16.5 Å². The smallest absolute Gasteiger partial charge is 0.209 e. The number of nitrogens with zero attached hydrogens (tertiary/aromatic N) is 2. The molecule has 2 aromatic rings. The molecule has 0 aliphatic carbocycles. The summed E-state index contributed by atoms with van der Waals surface area (Å²) in [6.07, 6.45) is 0.792. The van der Waals surface area contributed by atoms with E-state index in [4.69, 9.17) is 4.74 Å². The maximum atomic E-state index is 5.16. The van der Waals surface area contributed by atoms with Gasteiger partial charge in [-0.25, -0.2) is 4.98 Å². The van der Waals surface area contributed by atoms with Crippen LogP contribution in [0.25, 0.3) is 0 Å². The minimum Gasteiger partial charge on any atom is -0.497 e. The van der Waals surface area contributed by atoms with Gasteiger partial charge in [0.15, 0.2) is 0 Å². The third kappa shape index (κ3) is 2.76. The zero-order chi connectivity index (χ0) is 10.7. The van der Waals surface area contributed by atoms with Crippen LogP contribution in [0.15, 0.2) is 29.0 Å². The molecule has 0 aliphatic rings. The lowest BCUT2D eigenvalue weighted by Gasteiger charge is -2.01. The number of methoxy groups -OCH3 is 1. The van der Waals surface area contributed by atoms with E-state index in [-0.39, 0.29) is 0 Å². The normalized spacial score (nSPS) is 10.3. The number of benzene rings is 1. The van der Waals surface area contributed by atoms with Crippen LogP contribution >= 0.6 is 27.5 Å². The highest BCUT2D eigenvalue weighted by molar-refractivity contribution is 9.10. The molecule has 1 aromatic carbocycles. The molecule has 5 heteroatoms. The van der Waals surface area contributed by atoms with Gasteiger partial charge in [0.1, 0.15) is 10.8 Å². The molecule has 78 valence electrons. The van der Waals surface area contributed by atoms with Gasteiger partial charge >= 0.3 is 0 Å². The van der Waals surface area contributed by atoms with Gasteiger partial charge < -0.3 is 4.74 Å². The highest BCUT2D eigenvalue weighted by atomic mass is 79.9. The highest BCUT2D eigenvalue weighted by Crippen LogP contribution is 2.18. The van der Waals surface area contributed by atoms with Crippen molar-refractivity contribution in [3.8, 4) is 5.75 Å². The van der Waals surface area contributed by atoms with E-state index in [0.29, 0.717) is 4.73 Å². The first-order chi connectivity index (χ1) is 7.28. The fourth-order valence-electron chi connectivity index (χ4n) is 1.26. The number of aromatic nitrogens is 2. The second-order valence-corrected chi connectivity index (χ2v) is 4.53. The van der Waals surface area contributed by atoms with Gasteiger partial charge in [-0.05, 0) is 45.2 Å². The SMILES string of the molecule is COc1cccc(Cc2nc(Br)ns2)c1. The van der Waals surface area contributed by atoms with Gasteiger partial charge in [0.25, 0.3) is 0 Å². The molecule has 0 spiro atoms. The summed E-state index contributed by atoms with van der Waals surface area (Å²) >= 11 is 4.65. The van der Waals surface area contributed by atoms with Crippen molar-refractivity contribution in [1.29, 1.82) is 0 Å². The summed E-state index contributed by atoms with van der Waals surface area (Å²) in [5.41, 5.74) is 1.18. The van der Waals surface area contributed by atoms with Crippen molar-refractivity contribution in [3.63, 3.8) is 0 Å². The molecule has 0 bridgehead atoms. The van der Waals surface area contributed by atoms with Gasteiger partial charge in [-0.15, -0.1) is 0 Å². The van der Waals surface area contributed by atoms with Crippen molar-refractivity contribution in [2.45, 2.75) is 6.42 Å². The molecule has 0 aliphatic heterocycles. The van der Waals surface area contributed by atoms with Crippen LogP contribution in [0.1, 0.15) is 10.6 Å². The largest absolute Gasteiger partial charge is 0.497 e. The van der Waals surface area contributed by atoms with E-state index in [0.717, 1.165) is 17.2 Å². The number of hydrogen-bond donors (Lipinski definition) is 0. The van der Waals surface area contributed by atoms with Gasteiger partial charge in [-0.1, -0.05) is 12.1 Å². The van der Waals surface area contributed by atoms with E-state index in [9.17, 15) is 0 Å². The Morgan fingerprint density at radius 1 is 1.47 bits per heavy atom. The van der Waals surface area contributed by atoms with Crippen LogP contribution in [-0.2, 0) is 6.42 Å². The quantitative estimate of drug-likeness (QED) is 0.869. The summed E-state index contributed by atoms with van der Waals surface area (Å²) < 4.78 is 9.88. The summed E-state index contributed by atoms with van der Waals surface area (Å²) in [6.45, 7) is 0. The fraction of sp³-hybridized carbons (Fsp3) is 0.200. The average molecular weight is 285 g/mol. The molecule has 0 N–H and O–H groups in total. The molecule has 2 rings (SSSR count). The Balaban J connectivity index is 2.16. The molecule has 0 saturated heterocycles. The van der Waals surface area contributed by atoms with Crippen LogP contribution < -0.4 is 4.74 Å². The first-order valence-corrected chi connectivity index (χ1v) is 5.95. The van der Waals surface area contributed by atoms with Gasteiger partial charge in [0, 0.05) is 6.42 Å². The second kappa shape index (κ2) is 4.72. The topological polar surface area (TPSA) is 35.0 Å². The van der Waals surface area contributed by atoms with Gasteiger partial charge in [0.05, 0.1) is 7.11 Å². The number of rotatable bonds is 3. The van der Waals surface area contributed by atoms with Gasteiger partial charge in [-0.3, -0.25) is 0 Å². The molecular formula is C10H9BrN2OS. The lowest BCUT2D eigenvalue weighted by molar-refractivity contribution is 0.414. The van der Waals surface area contributed by atoms with Crippen molar-refractivity contribution >= 4 is 27.5 Å². The van der Waals surface area contributed by atoms with E-state index in [2.05, 4.69) is 31.4 Å². The van der Waals surface area contributed by atoms with Crippen molar-refractivity contribution < 1.29 is 4.74 Å². The maximum absolute atomic E-state index is 5.16. The minimum absolute atomic E-state index is 0.658. The van der Waals surface area contributed by atoms with Crippen molar-refractivity contribution in [2.75, 3.05) is 7.11 Å². The van der Waals surface area contributed by atoms with Crippen LogP contribution in [0.5, 0.6) is 5.75 Å². The monoisotopic (exact) mass is 284 g/mol. The number of ether oxygens (including phenoxy) is 1. The maximum Gasteiger partial charge on any atom is 0.209 e. The third-order valence-corrected chi connectivity index (χ3v) is 3.23. The molecule has 15 heavy (non-hydrogen) atoms. The molecular weight excluding hydrogens is 276 g/mol. The molecule has 0 fully saturated rings. The first kappa shape index (κ1) is 10.6. The lowest BCUT2D eigenvalue weighted by Crippen LogP contribution is -1.89. The van der Waals surface area contributed by atoms with E-state index in [1.807, 2.05) is 18.2 Å². The summed E-state index contributed by atoms with van der Waals surface area (Å²) in [6, 6.07) is 7.97. The Hall–Kier alpha value is -0.940. The predicted octanol–water partition coefficient (Wildman–Crippen LogP) is 2.90. The zero-order valence-electron chi connectivity index (χ0n) is 8.11. The standard InChI is InChI=1S/C10H9BrN2OS/c1-14-8-4-2-3-7(5-8)6-9-12-10(11)13-15-9/h2-5H,6H2,1H3. The lowest BCUT2D eigenvalue weighted by atomic mass is 10.1. The second-order valence-electron chi connectivity index (χ2n) is 2.99. The Morgan fingerprint density at radius 3 is 3.00 bits per heavy atom. The molecule has 0 saturated carbocycles. The Kier molecular flexibility index (Phi) is 3.33. The molecule has 3 nitrogen and oxygen atoms in total. The molecule has 0 amide bonds. The van der Waals surface area contributed by atoms with Crippen molar-refractivity contribution in [2.24, 2.45) is 0 Å². The predicted molar refractivity (Wildman–Crippen MR) is 63.4 cm³/mol. The summed E-state index contributed by atoms with van der Waals surface area (Å²) in [5.74, 6) is 0.871. The number of hydrogen-bond acceptors (Lipinski definition) is 4. The van der Waals surface area contributed by atoms with Crippen molar-refractivity contribution in [1.82, 2.24) is 9.36 Å². The van der Waals surface area contributed by atoms with Gasteiger partial charge in [0.2, 0.25) is 4.73 Å². The molecule has 1 heterocycles. The van der Waals surface area contributed by atoms with Crippen LogP contribution in [0.2, 0.25) is 0 Å². The fourth-order valence-corrected chi connectivity index (χ4v) is 2.39. The van der Waals surface area contributed by atoms with Crippen LogP contribution in [0, 0.1) is 0 Å². The molecule has 0 radical (unpaired) electrons. The number of halogens is 1. The minimum atomic E-state index is 0.658. The summed E-state index contributed by atoms with van der Waals surface area (Å²) in [5, 5.41) is 0.995. The van der Waals surface area contributed by atoms with Crippen LogP contribution in [0.4, 0.5) is 0 Å². The molecule has 0 unspecified atom stereocenters. The van der Waals surface area contributed by atoms with Crippen LogP contribution in [0.3, 0.4) is 0 Å². The summed E-state index contributed by atoms with van der Waals surface area (Å²) in [4.78, 5) is 4.24. The van der Waals surface area contributed by atoms with E-state index < -0.39 is 0 Å². The Morgan fingerprint density at radius 2 is 2.33 bits per heavy atom. The van der Waals surface area contributed by atoms with Gasteiger partial charge in [-0.2, -0.15) is 4.37 Å². The molecule has 0 atom stereocenters. The Labute approximate surface area is 100 Å². The average Bonchev–Trinajstić information content (AvgIpc) is 2.64. The zero-order valence-corrected chi connectivity index (χ0v) is 10.5. The molecule has 1 aromatic heterocycles. The Bertz CT molecular complexity index is 458. The van der Waals surface area contributed by atoms with E-state index in [1.165, 1.54) is 17.1 Å². The van der Waals surface area contributed by atoms with Crippen molar-refractivity contribution in [3.05, 3.63) is 39.6 Å². The van der Waals surface area contributed by atoms with E-state index in [1.54, 1.807) is 7.11 Å². The van der Waals surface area contributed by atoms with E-state index >= 15 is 0 Å². The third-order valence-electron chi connectivity index (χ3n) is 1.93.